The Labute approximate surface area is 130 Å². The number of hydrogen-bond donors (Lipinski definition) is 2. The summed E-state index contributed by atoms with van der Waals surface area (Å²) in [4.78, 5) is 12.1. The minimum Gasteiger partial charge on any atom is -0.322 e. The van der Waals surface area contributed by atoms with E-state index in [4.69, 9.17) is 0 Å². The van der Waals surface area contributed by atoms with Crippen LogP contribution in [0.25, 0.3) is 5.69 Å². The molecule has 1 unspecified atom stereocenters. The molecule has 21 heavy (non-hydrogen) atoms. The summed E-state index contributed by atoms with van der Waals surface area (Å²) in [6, 6.07) is 9.81. The topological polar surface area (TPSA) is 59.0 Å². The van der Waals surface area contributed by atoms with E-state index in [1.165, 1.54) is 0 Å². The van der Waals surface area contributed by atoms with Gasteiger partial charge in [-0.3, -0.25) is 4.79 Å². The minimum absolute atomic E-state index is 0. The molecule has 3 rings (SSSR count). The first-order valence-electron chi connectivity index (χ1n) is 6.90. The summed E-state index contributed by atoms with van der Waals surface area (Å²) >= 11 is 0. The van der Waals surface area contributed by atoms with Gasteiger partial charge in [0.2, 0.25) is 5.91 Å². The van der Waals surface area contributed by atoms with E-state index in [1.807, 2.05) is 41.9 Å². The van der Waals surface area contributed by atoms with Gasteiger partial charge in [-0.2, -0.15) is 5.10 Å². The van der Waals surface area contributed by atoms with Crippen LogP contribution in [-0.2, 0) is 4.79 Å². The number of halogens is 1. The monoisotopic (exact) mass is 306 g/mol. The fourth-order valence-corrected chi connectivity index (χ4v) is 2.49. The van der Waals surface area contributed by atoms with E-state index in [1.54, 1.807) is 6.20 Å². The Balaban J connectivity index is 0.00000161. The molecule has 1 aromatic carbocycles. The highest BCUT2D eigenvalue weighted by Gasteiger charge is 2.23. The standard InChI is InChI=1S/C15H18N4O.ClH/c1-11-14(18-15(20)13-8-5-9-16-13)10-17-19(11)12-6-3-2-4-7-12;/h2-4,6-7,10,13,16H,5,8-9H2,1H3,(H,18,20);1H. The Bertz CT molecular complexity index is 605. The van der Waals surface area contributed by atoms with E-state index in [9.17, 15) is 4.79 Å². The zero-order chi connectivity index (χ0) is 13.9. The highest BCUT2D eigenvalue weighted by molar-refractivity contribution is 5.95. The van der Waals surface area contributed by atoms with Crippen molar-refractivity contribution in [2.75, 3.05) is 11.9 Å². The normalized spacial score (nSPS) is 17.3. The second-order valence-corrected chi connectivity index (χ2v) is 5.03. The quantitative estimate of drug-likeness (QED) is 0.915. The minimum atomic E-state index is -0.0746. The van der Waals surface area contributed by atoms with Crippen LogP contribution in [0.15, 0.2) is 36.5 Å². The van der Waals surface area contributed by atoms with Crippen molar-refractivity contribution in [3.63, 3.8) is 0 Å². The molecule has 1 atom stereocenters. The van der Waals surface area contributed by atoms with Crippen LogP contribution >= 0.6 is 12.4 Å². The van der Waals surface area contributed by atoms with Gasteiger partial charge in [0.1, 0.15) is 0 Å². The summed E-state index contributed by atoms with van der Waals surface area (Å²) < 4.78 is 1.83. The maximum atomic E-state index is 12.1. The van der Waals surface area contributed by atoms with Crippen LogP contribution in [0.3, 0.4) is 0 Å². The van der Waals surface area contributed by atoms with Gasteiger partial charge in [-0.15, -0.1) is 12.4 Å². The van der Waals surface area contributed by atoms with Crippen LogP contribution in [0.2, 0.25) is 0 Å². The Morgan fingerprint density at radius 1 is 1.38 bits per heavy atom. The fraction of sp³-hybridized carbons (Fsp3) is 0.333. The first kappa shape index (κ1) is 15.5. The van der Waals surface area contributed by atoms with Gasteiger partial charge in [0, 0.05) is 0 Å². The molecular formula is C15H19ClN4O. The van der Waals surface area contributed by atoms with Crippen molar-refractivity contribution < 1.29 is 4.79 Å². The third-order valence-corrected chi connectivity index (χ3v) is 3.65. The lowest BCUT2D eigenvalue weighted by Gasteiger charge is -2.11. The molecule has 2 heterocycles. The Morgan fingerprint density at radius 2 is 2.14 bits per heavy atom. The molecule has 1 fully saturated rings. The first-order valence-corrected chi connectivity index (χ1v) is 6.90. The lowest BCUT2D eigenvalue weighted by atomic mass is 10.2. The second kappa shape index (κ2) is 6.74. The van der Waals surface area contributed by atoms with Gasteiger partial charge in [-0.05, 0) is 38.4 Å². The number of benzene rings is 1. The molecule has 6 heteroatoms. The van der Waals surface area contributed by atoms with Crippen molar-refractivity contribution in [3.05, 3.63) is 42.2 Å². The summed E-state index contributed by atoms with van der Waals surface area (Å²) in [5.41, 5.74) is 2.69. The summed E-state index contributed by atoms with van der Waals surface area (Å²) in [6.07, 6.45) is 3.66. The zero-order valence-corrected chi connectivity index (χ0v) is 12.7. The largest absolute Gasteiger partial charge is 0.322 e. The van der Waals surface area contributed by atoms with Gasteiger partial charge < -0.3 is 10.6 Å². The number of amides is 1. The third kappa shape index (κ3) is 3.25. The molecule has 1 aromatic heterocycles. The zero-order valence-electron chi connectivity index (χ0n) is 11.9. The smallest absolute Gasteiger partial charge is 0.241 e. The van der Waals surface area contributed by atoms with E-state index >= 15 is 0 Å². The van der Waals surface area contributed by atoms with Crippen LogP contribution in [0.5, 0.6) is 0 Å². The molecule has 0 aliphatic carbocycles. The number of carbonyl (C=O) groups excluding carboxylic acids is 1. The molecular weight excluding hydrogens is 288 g/mol. The predicted octanol–water partition coefficient (Wildman–Crippen LogP) is 2.29. The number of aromatic nitrogens is 2. The average Bonchev–Trinajstić information content (AvgIpc) is 3.11. The van der Waals surface area contributed by atoms with Gasteiger partial charge in [0.25, 0.3) is 0 Å². The van der Waals surface area contributed by atoms with Gasteiger partial charge in [-0.25, -0.2) is 4.68 Å². The van der Waals surface area contributed by atoms with Gasteiger partial charge in [-0.1, -0.05) is 18.2 Å². The molecule has 1 saturated heterocycles. The van der Waals surface area contributed by atoms with Gasteiger partial charge in [0.05, 0.1) is 29.3 Å². The van der Waals surface area contributed by atoms with Crippen LogP contribution in [0, 0.1) is 6.92 Å². The van der Waals surface area contributed by atoms with E-state index in [0.29, 0.717) is 0 Å². The van der Waals surface area contributed by atoms with Crippen molar-refractivity contribution >= 4 is 24.0 Å². The SMILES string of the molecule is Cc1c(NC(=O)C2CCCN2)cnn1-c1ccccc1.Cl. The molecule has 2 N–H and O–H groups in total. The van der Waals surface area contributed by atoms with Crippen LogP contribution in [0.4, 0.5) is 5.69 Å². The van der Waals surface area contributed by atoms with Gasteiger partial charge in [0.15, 0.2) is 0 Å². The third-order valence-electron chi connectivity index (χ3n) is 3.65. The number of rotatable bonds is 3. The first-order chi connectivity index (χ1) is 9.75. The second-order valence-electron chi connectivity index (χ2n) is 5.03. The highest BCUT2D eigenvalue weighted by Crippen LogP contribution is 2.19. The van der Waals surface area contributed by atoms with E-state index in [0.717, 1.165) is 36.5 Å². The van der Waals surface area contributed by atoms with Crippen LogP contribution in [0.1, 0.15) is 18.5 Å². The number of carbonyl (C=O) groups is 1. The fourth-order valence-electron chi connectivity index (χ4n) is 2.49. The number of para-hydroxylation sites is 1. The summed E-state index contributed by atoms with van der Waals surface area (Å²) in [6.45, 7) is 2.87. The highest BCUT2D eigenvalue weighted by atomic mass is 35.5. The molecule has 1 aliphatic heterocycles. The molecule has 1 amide bonds. The molecule has 0 bridgehead atoms. The lowest BCUT2D eigenvalue weighted by molar-refractivity contribution is -0.117. The number of anilines is 1. The predicted molar refractivity (Wildman–Crippen MR) is 85.2 cm³/mol. The van der Waals surface area contributed by atoms with Crippen molar-refractivity contribution in [2.24, 2.45) is 0 Å². The number of nitrogens with zero attached hydrogens (tertiary/aromatic N) is 2. The molecule has 0 radical (unpaired) electrons. The summed E-state index contributed by atoms with van der Waals surface area (Å²) in [7, 11) is 0. The molecule has 0 spiro atoms. The molecule has 1 aliphatic rings. The average molecular weight is 307 g/mol. The van der Waals surface area contributed by atoms with E-state index in [-0.39, 0.29) is 24.4 Å². The van der Waals surface area contributed by atoms with Crippen molar-refractivity contribution in [1.82, 2.24) is 15.1 Å². The molecule has 5 nitrogen and oxygen atoms in total. The number of hydrogen-bond acceptors (Lipinski definition) is 3. The summed E-state index contributed by atoms with van der Waals surface area (Å²) in [5.74, 6) is 0.0261. The van der Waals surface area contributed by atoms with Crippen LogP contribution in [-0.4, -0.2) is 28.3 Å². The Kier molecular flexibility index (Phi) is 4.98. The van der Waals surface area contributed by atoms with Crippen molar-refractivity contribution in [1.29, 1.82) is 0 Å². The molecule has 112 valence electrons. The molecule has 0 saturated carbocycles. The molecule has 2 aromatic rings. The van der Waals surface area contributed by atoms with Crippen molar-refractivity contribution in [2.45, 2.75) is 25.8 Å². The van der Waals surface area contributed by atoms with Gasteiger partial charge >= 0.3 is 0 Å². The maximum absolute atomic E-state index is 12.1. The lowest BCUT2D eigenvalue weighted by Crippen LogP contribution is -2.35. The van der Waals surface area contributed by atoms with Crippen LogP contribution < -0.4 is 10.6 Å². The maximum Gasteiger partial charge on any atom is 0.241 e. The van der Waals surface area contributed by atoms with E-state index < -0.39 is 0 Å². The van der Waals surface area contributed by atoms with E-state index in [2.05, 4.69) is 15.7 Å². The Morgan fingerprint density at radius 3 is 2.81 bits per heavy atom. The number of nitrogens with one attached hydrogen (secondary N) is 2. The van der Waals surface area contributed by atoms with Crippen molar-refractivity contribution in [3.8, 4) is 5.69 Å². The summed E-state index contributed by atoms with van der Waals surface area (Å²) in [5, 5.41) is 10.5. The Hall–Kier alpha value is -1.85.